The predicted molar refractivity (Wildman–Crippen MR) is 79.0 cm³/mol. The zero-order valence-corrected chi connectivity index (χ0v) is 11.1. The zero-order chi connectivity index (χ0) is 13.3. The molecule has 0 aliphatic carbocycles. The van der Waals surface area contributed by atoms with Crippen molar-refractivity contribution in [2.75, 3.05) is 13.2 Å². The summed E-state index contributed by atoms with van der Waals surface area (Å²) in [4.78, 5) is 0. The van der Waals surface area contributed by atoms with Gasteiger partial charge in [0.2, 0.25) is 0 Å². The van der Waals surface area contributed by atoms with Crippen LogP contribution in [-0.4, -0.2) is 18.3 Å². The van der Waals surface area contributed by atoms with Crippen LogP contribution >= 0.6 is 0 Å². The normalized spacial score (nSPS) is 12.3. The third-order valence-electron chi connectivity index (χ3n) is 3.21. The summed E-state index contributed by atoms with van der Waals surface area (Å²) in [6.07, 6.45) is 1.76. The average molecular weight is 255 g/mol. The summed E-state index contributed by atoms with van der Waals surface area (Å²) in [5, 5.41) is 12.4. The van der Waals surface area contributed by atoms with Gasteiger partial charge in [0.05, 0.1) is 0 Å². The van der Waals surface area contributed by atoms with Crippen LogP contribution in [0.1, 0.15) is 23.6 Å². The van der Waals surface area contributed by atoms with E-state index in [4.69, 9.17) is 5.11 Å². The minimum absolute atomic E-state index is 0.236. The maximum absolute atomic E-state index is 8.90. The highest BCUT2D eigenvalue weighted by atomic mass is 16.3. The third-order valence-corrected chi connectivity index (χ3v) is 3.21. The van der Waals surface area contributed by atoms with Gasteiger partial charge in [-0.15, -0.1) is 0 Å². The van der Waals surface area contributed by atoms with Crippen LogP contribution in [0.2, 0.25) is 0 Å². The van der Waals surface area contributed by atoms with Crippen molar-refractivity contribution >= 4 is 0 Å². The summed E-state index contributed by atoms with van der Waals surface area (Å²) in [6, 6.07) is 21.3. The van der Waals surface area contributed by atoms with E-state index in [0.29, 0.717) is 6.04 Å². The fourth-order valence-corrected chi connectivity index (χ4v) is 2.20. The SMILES string of the molecule is OCCCNC(Cc1ccccc1)c1ccccc1. The molecule has 1 unspecified atom stereocenters. The lowest BCUT2D eigenvalue weighted by Crippen LogP contribution is -2.25. The van der Waals surface area contributed by atoms with E-state index in [1.165, 1.54) is 11.1 Å². The van der Waals surface area contributed by atoms with Gasteiger partial charge in [0.1, 0.15) is 0 Å². The van der Waals surface area contributed by atoms with Crippen LogP contribution in [0.25, 0.3) is 0 Å². The van der Waals surface area contributed by atoms with E-state index in [9.17, 15) is 0 Å². The van der Waals surface area contributed by atoms with Gasteiger partial charge in [-0.2, -0.15) is 0 Å². The molecule has 100 valence electrons. The van der Waals surface area contributed by atoms with Crippen LogP contribution in [0.4, 0.5) is 0 Å². The second-order valence-electron chi connectivity index (χ2n) is 4.68. The molecule has 2 aromatic rings. The Kier molecular flexibility index (Phi) is 5.60. The van der Waals surface area contributed by atoms with E-state index in [1.807, 2.05) is 12.1 Å². The summed E-state index contributed by atoms with van der Waals surface area (Å²) in [5.41, 5.74) is 2.62. The van der Waals surface area contributed by atoms with Crippen molar-refractivity contribution < 1.29 is 5.11 Å². The highest BCUT2D eigenvalue weighted by Gasteiger charge is 2.10. The number of benzene rings is 2. The highest BCUT2D eigenvalue weighted by molar-refractivity contribution is 5.23. The quantitative estimate of drug-likeness (QED) is 0.746. The summed E-state index contributed by atoms with van der Waals surface area (Å²) >= 11 is 0. The fraction of sp³-hybridized carbons (Fsp3) is 0.294. The van der Waals surface area contributed by atoms with Crippen LogP contribution in [0.5, 0.6) is 0 Å². The van der Waals surface area contributed by atoms with Crippen LogP contribution in [-0.2, 0) is 6.42 Å². The molecule has 0 fully saturated rings. The lowest BCUT2D eigenvalue weighted by Gasteiger charge is -2.19. The number of hydrogen-bond acceptors (Lipinski definition) is 2. The molecule has 2 heteroatoms. The Hall–Kier alpha value is -1.64. The maximum atomic E-state index is 8.90. The lowest BCUT2D eigenvalue weighted by molar-refractivity contribution is 0.283. The van der Waals surface area contributed by atoms with Crippen molar-refractivity contribution in [3.05, 3.63) is 71.8 Å². The van der Waals surface area contributed by atoms with Gasteiger partial charge in [0.25, 0.3) is 0 Å². The van der Waals surface area contributed by atoms with E-state index >= 15 is 0 Å². The van der Waals surface area contributed by atoms with Gasteiger partial charge >= 0.3 is 0 Å². The lowest BCUT2D eigenvalue weighted by atomic mass is 9.99. The van der Waals surface area contributed by atoms with Gasteiger partial charge in [0.15, 0.2) is 0 Å². The minimum atomic E-state index is 0.236. The average Bonchev–Trinajstić information content (AvgIpc) is 2.48. The Balaban J connectivity index is 2.06. The van der Waals surface area contributed by atoms with E-state index in [-0.39, 0.29) is 6.61 Å². The van der Waals surface area contributed by atoms with Gasteiger partial charge in [0, 0.05) is 12.6 Å². The number of rotatable bonds is 7. The molecule has 0 heterocycles. The number of aliphatic hydroxyl groups excluding tert-OH is 1. The molecule has 0 saturated heterocycles. The molecular weight excluding hydrogens is 234 g/mol. The molecular formula is C17H21NO. The molecule has 0 spiro atoms. The van der Waals surface area contributed by atoms with Crippen molar-refractivity contribution in [3.8, 4) is 0 Å². The van der Waals surface area contributed by atoms with Gasteiger partial charge in [-0.3, -0.25) is 0 Å². The number of aliphatic hydroxyl groups is 1. The van der Waals surface area contributed by atoms with E-state index in [1.54, 1.807) is 0 Å². The summed E-state index contributed by atoms with van der Waals surface area (Å²) in [7, 11) is 0. The first-order valence-corrected chi connectivity index (χ1v) is 6.83. The summed E-state index contributed by atoms with van der Waals surface area (Å²) < 4.78 is 0. The third kappa shape index (κ3) is 4.51. The monoisotopic (exact) mass is 255 g/mol. The Morgan fingerprint density at radius 1 is 0.895 bits per heavy atom. The summed E-state index contributed by atoms with van der Waals surface area (Å²) in [6.45, 7) is 1.07. The molecule has 0 aliphatic rings. The number of nitrogens with one attached hydrogen (secondary N) is 1. The smallest absolute Gasteiger partial charge is 0.0443 e. The largest absolute Gasteiger partial charge is 0.396 e. The van der Waals surface area contributed by atoms with Crippen molar-refractivity contribution in [3.63, 3.8) is 0 Å². The van der Waals surface area contributed by atoms with Crippen LogP contribution in [0.15, 0.2) is 60.7 Å². The van der Waals surface area contributed by atoms with Crippen molar-refractivity contribution in [2.24, 2.45) is 0 Å². The topological polar surface area (TPSA) is 32.3 Å². The Morgan fingerprint density at radius 3 is 2.16 bits per heavy atom. The molecule has 19 heavy (non-hydrogen) atoms. The fourth-order valence-electron chi connectivity index (χ4n) is 2.20. The maximum Gasteiger partial charge on any atom is 0.0443 e. The van der Waals surface area contributed by atoms with Crippen LogP contribution in [0, 0.1) is 0 Å². The predicted octanol–water partition coefficient (Wildman–Crippen LogP) is 2.94. The number of hydrogen-bond donors (Lipinski definition) is 2. The molecule has 1 atom stereocenters. The van der Waals surface area contributed by atoms with Crippen LogP contribution in [0.3, 0.4) is 0 Å². The van der Waals surface area contributed by atoms with Crippen molar-refractivity contribution in [2.45, 2.75) is 18.9 Å². The summed E-state index contributed by atoms with van der Waals surface area (Å²) in [5.74, 6) is 0. The molecule has 2 aromatic carbocycles. The molecule has 0 aromatic heterocycles. The molecule has 0 aliphatic heterocycles. The first-order valence-electron chi connectivity index (χ1n) is 6.83. The minimum Gasteiger partial charge on any atom is -0.396 e. The highest BCUT2D eigenvalue weighted by Crippen LogP contribution is 2.18. The molecule has 2 rings (SSSR count). The van der Waals surface area contributed by atoms with Gasteiger partial charge in [-0.1, -0.05) is 60.7 Å². The molecule has 0 bridgehead atoms. The molecule has 2 N–H and O–H groups in total. The van der Waals surface area contributed by atoms with Gasteiger partial charge in [-0.25, -0.2) is 0 Å². The Morgan fingerprint density at radius 2 is 1.53 bits per heavy atom. The zero-order valence-electron chi connectivity index (χ0n) is 11.1. The Labute approximate surface area is 115 Å². The van der Waals surface area contributed by atoms with E-state index in [2.05, 4.69) is 53.8 Å². The second-order valence-corrected chi connectivity index (χ2v) is 4.68. The molecule has 0 radical (unpaired) electrons. The van der Waals surface area contributed by atoms with Crippen molar-refractivity contribution in [1.82, 2.24) is 5.32 Å². The standard InChI is InChI=1S/C17H21NO/c19-13-7-12-18-17(16-10-5-2-6-11-16)14-15-8-3-1-4-9-15/h1-6,8-11,17-19H,7,12-14H2. The van der Waals surface area contributed by atoms with Gasteiger partial charge in [-0.05, 0) is 30.5 Å². The van der Waals surface area contributed by atoms with Crippen molar-refractivity contribution in [1.29, 1.82) is 0 Å². The first-order chi connectivity index (χ1) is 9.40. The van der Waals surface area contributed by atoms with E-state index in [0.717, 1.165) is 19.4 Å². The molecule has 2 nitrogen and oxygen atoms in total. The Bertz CT molecular complexity index is 455. The second kappa shape index (κ2) is 7.72. The van der Waals surface area contributed by atoms with Crippen LogP contribution < -0.4 is 5.32 Å². The molecule has 0 saturated carbocycles. The first kappa shape index (κ1) is 13.8. The van der Waals surface area contributed by atoms with Gasteiger partial charge < -0.3 is 10.4 Å². The van der Waals surface area contributed by atoms with E-state index < -0.39 is 0 Å². The molecule has 0 amide bonds.